The Bertz CT molecular complexity index is 1880. The molecule has 0 bridgehead atoms. The van der Waals surface area contributed by atoms with Gasteiger partial charge in [-0.3, -0.25) is 9.69 Å². The first-order chi connectivity index (χ1) is 21.8. The highest BCUT2D eigenvalue weighted by molar-refractivity contribution is 6.03. The van der Waals surface area contributed by atoms with Crippen LogP contribution in [0.4, 0.5) is 19.0 Å². The molecule has 0 saturated carbocycles. The van der Waals surface area contributed by atoms with E-state index in [-0.39, 0.29) is 58.7 Å². The topological polar surface area (TPSA) is 92.7 Å². The lowest BCUT2D eigenvalue weighted by Gasteiger charge is -2.31. The molecule has 1 amide bonds. The molecular formula is C33H31F3N6O3. The van der Waals surface area contributed by atoms with Crippen LogP contribution in [0.15, 0.2) is 30.3 Å². The summed E-state index contributed by atoms with van der Waals surface area (Å²) < 4.78 is 58.3. The van der Waals surface area contributed by atoms with Crippen LogP contribution in [0.5, 0.6) is 11.9 Å². The summed E-state index contributed by atoms with van der Waals surface area (Å²) in [6.07, 6.45) is 6.83. The van der Waals surface area contributed by atoms with Crippen LogP contribution in [0.1, 0.15) is 31.7 Å². The number of anilines is 1. The van der Waals surface area contributed by atoms with Crippen molar-refractivity contribution in [2.45, 2.75) is 37.9 Å². The Morgan fingerprint density at radius 1 is 1.20 bits per heavy atom. The molecule has 0 unspecified atom stereocenters. The lowest BCUT2D eigenvalue weighted by atomic mass is 9.95. The van der Waals surface area contributed by atoms with E-state index in [1.807, 2.05) is 4.90 Å². The van der Waals surface area contributed by atoms with Crippen molar-refractivity contribution in [3.63, 3.8) is 0 Å². The first kappa shape index (κ1) is 29.1. The SMILES string of the molecule is C#Cc1c(F)ccc2cccc(-c3nc4c5c(nc(OC[C@@]67CCCN6C[C@H](F)C7)nc5c3F)N(CCNC(C)=O)CCO4)c12. The van der Waals surface area contributed by atoms with Gasteiger partial charge >= 0.3 is 6.01 Å². The number of nitrogens with one attached hydrogen (secondary N) is 1. The number of carbonyl (C=O) groups is 1. The van der Waals surface area contributed by atoms with Gasteiger partial charge in [-0.15, -0.1) is 6.42 Å². The van der Waals surface area contributed by atoms with Gasteiger partial charge in [-0.05, 0) is 30.8 Å². The number of ether oxygens (including phenoxy) is 2. The summed E-state index contributed by atoms with van der Waals surface area (Å²) in [5, 5.41) is 3.99. The van der Waals surface area contributed by atoms with Crippen molar-refractivity contribution in [1.82, 2.24) is 25.2 Å². The van der Waals surface area contributed by atoms with E-state index in [4.69, 9.17) is 20.9 Å². The minimum atomic E-state index is -0.940. The number of rotatable bonds is 7. The van der Waals surface area contributed by atoms with Crippen LogP contribution in [0, 0.1) is 24.0 Å². The van der Waals surface area contributed by atoms with Gasteiger partial charge in [0.25, 0.3) is 0 Å². The summed E-state index contributed by atoms with van der Waals surface area (Å²) in [4.78, 5) is 29.4. The highest BCUT2D eigenvalue weighted by Gasteiger charge is 2.49. The second kappa shape index (κ2) is 11.4. The Balaban J connectivity index is 1.39. The average molecular weight is 617 g/mol. The number of alkyl halides is 1. The standard InChI is InChI=1S/C33H31F3N6O3/c1-3-22-24(35)9-8-20-6-4-7-23(25(20)22)28-27(36)29-26-30(41(13-11-37-19(2)43)14-15-44-31(26)38-28)40-32(39-29)45-18-33-10-5-12-42(33)17-21(34)16-33/h1,4,6-9,21H,5,10-18H2,2H3,(H,37,43)/t21-,33+/m1/s1. The van der Waals surface area contributed by atoms with Gasteiger partial charge in [0.15, 0.2) is 5.82 Å². The van der Waals surface area contributed by atoms with E-state index in [0.29, 0.717) is 49.2 Å². The van der Waals surface area contributed by atoms with Crippen LogP contribution < -0.4 is 19.7 Å². The van der Waals surface area contributed by atoms with Crippen molar-refractivity contribution < 1.29 is 27.4 Å². The number of carbonyl (C=O) groups excluding carboxylic acids is 1. The van der Waals surface area contributed by atoms with E-state index < -0.39 is 23.3 Å². The molecule has 5 heterocycles. The third-order valence-corrected chi connectivity index (χ3v) is 8.99. The Labute approximate surface area is 257 Å². The maximum Gasteiger partial charge on any atom is 0.319 e. The van der Waals surface area contributed by atoms with E-state index in [2.05, 4.69) is 26.1 Å². The normalized spacial score (nSPS) is 21.0. The number of aromatic nitrogens is 3. The maximum absolute atomic E-state index is 16.8. The lowest BCUT2D eigenvalue weighted by Crippen LogP contribution is -2.43. The van der Waals surface area contributed by atoms with Crippen molar-refractivity contribution in [3.05, 3.63) is 47.5 Å². The summed E-state index contributed by atoms with van der Waals surface area (Å²) in [7, 11) is 0. The van der Waals surface area contributed by atoms with Gasteiger partial charge in [0, 0.05) is 43.9 Å². The van der Waals surface area contributed by atoms with Gasteiger partial charge in [0.2, 0.25) is 11.8 Å². The van der Waals surface area contributed by atoms with Crippen molar-refractivity contribution in [3.8, 4) is 35.5 Å². The molecule has 2 fully saturated rings. The van der Waals surface area contributed by atoms with E-state index in [1.54, 1.807) is 24.3 Å². The molecule has 0 aliphatic carbocycles. The zero-order valence-corrected chi connectivity index (χ0v) is 24.7. The van der Waals surface area contributed by atoms with Crippen LogP contribution in [0.3, 0.4) is 0 Å². The van der Waals surface area contributed by atoms with E-state index >= 15 is 4.39 Å². The van der Waals surface area contributed by atoms with Crippen molar-refractivity contribution >= 4 is 33.4 Å². The zero-order valence-electron chi connectivity index (χ0n) is 24.7. The number of pyridine rings is 1. The second-order valence-electron chi connectivity index (χ2n) is 11.8. The largest absolute Gasteiger partial charge is 0.475 e. The highest BCUT2D eigenvalue weighted by Crippen LogP contribution is 2.43. The molecule has 4 aromatic rings. The van der Waals surface area contributed by atoms with E-state index in [0.717, 1.165) is 19.4 Å². The predicted molar refractivity (Wildman–Crippen MR) is 163 cm³/mol. The van der Waals surface area contributed by atoms with Crippen molar-refractivity contribution in [2.75, 3.05) is 50.8 Å². The molecule has 3 aliphatic rings. The molecule has 2 saturated heterocycles. The number of hydrogen-bond donors (Lipinski definition) is 1. The molecule has 2 aromatic carbocycles. The first-order valence-corrected chi connectivity index (χ1v) is 15.0. The van der Waals surface area contributed by atoms with Gasteiger partial charge < -0.3 is 19.7 Å². The van der Waals surface area contributed by atoms with Crippen LogP contribution >= 0.6 is 0 Å². The third-order valence-electron chi connectivity index (χ3n) is 8.99. The first-order valence-electron chi connectivity index (χ1n) is 15.0. The summed E-state index contributed by atoms with van der Waals surface area (Å²) in [6.45, 7) is 3.95. The average Bonchev–Trinajstić information content (AvgIpc) is 3.49. The molecular weight excluding hydrogens is 585 g/mol. The van der Waals surface area contributed by atoms with Crippen LogP contribution in [-0.4, -0.2) is 83.4 Å². The molecule has 7 rings (SSSR count). The Morgan fingerprint density at radius 2 is 2.07 bits per heavy atom. The van der Waals surface area contributed by atoms with Crippen LogP contribution in [-0.2, 0) is 4.79 Å². The van der Waals surface area contributed by atoms with Crippen molar-refractivity contribution in [1.29, 1.82) is 0 Å². The minimum absolute atomic E-state index is 0.00386. The van der Waals surface area contributed by atoms with E-state index in [1.165, 1.54) is 13.0 Å². The molecule has 0 radical (unpaired) electrons. The number of nitrogens with zero attached hydrogens (tertiary/aromatic N) is 5. The molecule has 45 heavy (non-hydrogen) atoms. The zero-order chi connectivity index (χ0) is 31.3. The molecule has 2 aromatic heterocycles. The molecule has 12 heteroatoms. The fourth-order valence-corrected chi connectivity index (χ4v) is 6.96. The van der Waals surface area contributed by atoms with Crippen molar-refractivity contribution in [2.24, 2.45) is 0 Å². The summed E-state index contributed by atoms with van der Waals surface area (Å²) in [6, 6.07) is 7.90. The molecule has 9 nitrogen and oxygen atoms in total. The second-order valence-corrected chi connectivity index (χ2v) is 11.8. The Kier molecular flexibility index (Phi) is 7.36. The van der Waals surface area contributed by atoms with E-state index in [9.17, 15) is 13.6 Å². The molecule has 2 atom stereocenters. The van der Waals surface area contributed by atoms with Gasteiger partial charge in [-0.1, -0.05) is 30.2 Å². The summed E-state index contributed by atoms with van der Waals surface area (Å²) in [5.74, 6) is 1.28. The number of halogens is 3. The van der Waals surface area contributed by atoms with Crippen LogP contribution in [0.2, 0.25) is 0 Å². The number of benzene rings is 2. The Morgan fingerprint density at radius 3 is 2.89 bits per heavy atom. The number of fused-ring (bicyclic) bond motifs is 2. The maximum atomic E-state index is 16.8. The Hall–Kier alpha value is -4.63. The number of amides is 1. The fraction of sp³-hybridized carbons (Fsp3) is 0.394. The molecule has 1 N–H and O–H groups in total. The molecule has 232 valence electrons. The van der Waals surface area contributed by atoms with Gasteiger partial charge in [0.05, 0.1) is 17.6 Å². The fourth-order valence-electron chi connectivity index (χ4n) is 6.96. The lowest BCUT2D eigenvalue weighted by molar-refractivity contribution is -0.118. The molecule has 0 spiro atoms. The summed E-state index contributed by atoms with van der Waals surface area (Å²) in [5.41, 5.74) is -0.382. The monoisotopic (exact) mass is 616 g/mol. The van der Waals surface area contributed by atoms with Crippen LogP contribution in [0.25, 0.3) is 32.9 Å². The van der Waals surface area contributed by atoms with Gasteiger partial charge in [0.1, 0.15) is 47.6 Å². The smallest absolute Gasteiger partial charge is 0.319 e. The minimum Gasteiger partial charge on any atom is -0.475 e. The van der Waals surface area contributed by atoms with Gasteiger partial charge in [-0.25, -0.2) is 18.2 Å². The quantitative estimate of drug-likeness (QED) is 0.306. The number of terminal acetylenes is 1. The highest BCUT2D eigenvalue weighted by atomic mass is 19.1. The third kappa shape index (κ3) is 5.05. The predicted octanol–water partition coefficient (Wildman–Crippen LogP) is 4.39. The number of hydrogen-bond acceptors (Lipinski definition) is 8. The molecule has 3 aliphatic heterocycles. The summed E-state index contributed by atoms with van der Waals surface area (Å²) >= 11 is 0. The van der Waals surface area contributed by atoms with Gasteiger partial charge in [-0.2, -0.15) is 9.97 Å².